The van der Waals surface area contributed by atoms with Gasteiger partial charge in [0.15, 0.2) is 0 Å². The van der Waals surface area contributed by atoms with Gasteiger partial charge in [-0.1, -0.05) is 6.07 Å². The van der Waals surface area contributed by atoms with Crippen molar-refractivity contribution in [3.8, 4) is 0 Å². The average Bonchev–Trinajstić information content (AvgIpc) is 2.44. The molecule has 0 atom stereocenters. The predicted molar refractivity (Wildman–Crippen MR) is 74.7 cm³/mol. The number of aromatic nitrogens is 2. The van der Waals surface area contributed by atoms with E-state index in [1.54, 1.807) is 6.92 Å². The lowest BCUT2D eigenvalue weighted by Gasteiger charge is -2.09. The van der Waals surface area contributed by atoms with Crippen molar-refractivity contribution in [3.05, 3.63) is 68.2 Å². The zero-order valence-electron chi connectivity index (χ0n) is 11.4. The van der Waals surface area contributed by atoms with Gasteiger partial charge in [0.05, 0.1) is 6.54 Å². The minimum atomic E-state index is -0.745. The number of carbonyl (C=O) groups is 1. The van der Waals surface area contributed by atoms with Crippen LogP contribution >= 0.6 is 0 Å². The van der Waals surface area contributed by atoms with E-state index in [9.17, 15) is 18.8 Å². The average molecular weight is 291 g/mol. The number of carbonyl (C=O) groups excluding carboxylic acids is 1. The van der Waals surface area contributed by atoms with Gasteiger partial charge in [-0.2, -0.15) is 0 Å². The Morgan fingerprint density at radius 3 is 2.57 bits per heavy atom. The van der Waals surface area contributed by atoms with Gasteiger partial charge in [0.25, 0.3) is 5.56 Å². The molecule has 1 aromatic carbocycles. The van der Waals surface area contributed by atoms with Crippen LogP contribution in [0.2, 0.25) is 0 Å². The molecular formula is C14H14FN3O3. The zero-order chi connectivity index (χ0) is 15.6. The molecular weight excluding hydrogens is 277 g/mol. The highest BCUT2D eigenvalue weighted by Gasteiger charge is 2.10. The first kappa shape index (κ1) is 14.7. The van der Waals surface area contributed by atoms with Gasteiger partial charge in [-0.15, -0.1) is 0 Å². The number of primary amides is 1. The second kappa shape index (κ2) is 5.74. The van der Waals surface area contributed by atoms with Crippen molar-refractivity contribution in [2.24, 2.45) is 5.73 Å². The number of nitrogens with two attached hydrogens (primary N) is 1. The summed E-state index contributed by atoms with van der Waals surface area (Å²) in [6, 6.07) is 4.93. The number of aryl methyl sites for hydroxylation is 1. The fourth-order valence-electron chi connectivity index (χ4n) is 1.94. The Bertz CT molecular complexity index is 808. The first-order valence-corrected chi connectivity index (χ1v) is 6.32. The Morgan fingerprint density at radius 2 is 2.00 bits per heavy atom. The maximum atomic E-state index is 13.9. The van der Waals surface area contributed by atoms with Crippen LogP contribution in [0.1, 0.15) is 22.8 Å². The number of benzene rings is 1. The molecule has 21 heavy (non-hydrogen) atoms. The fourth-order valence-corrected chi connectivity index (χ4v) is 1.94. The van der Waals surface area contributed by atoms with E-state index in [1.165, 1.54) is 29.0 Å². The molecule has 0 radical (unpaired) electrons. The summed E-state index contributed by atoms with van der Waals surface area (Å²) < 4.78 is 16.2. The van der Waals surface area contributed by atoms with Gasteiger partial charge in [0.1, 0.15) is 5.82 Å². The quantitative estimate of drug-likeness (QED) is 0.879. The van der Waals surface area contributed by atoms with Crippen LogP contribution in [0.25, 0.3) is 0 Å². The number of nitrogens with zero attached hydrogens (tertiary/aromatic N) is 2. The molecule has 1 aromatic heterocycles. The zero-order valence-corrected chi connectivity index (χ0v) is 11.4. The molecule has 1 heterocycles. The van der Waals surface area contributed by atoms with Crippen LogP contribution in [0.4, 0.5) is 4.39 Å². The van der Waals surface area contributed by atoms with Crippen LogP contribution in [0.3, 0.4) is 0 Å². The first-order valence-electron chi connectivity index (χ1n) is 6.32. The largest absolute Gasteiger partial charge is 0.366 e. The molecule has 0 aliphatic carbocycles. The number of rotatable bonds is 4. The van der Waals surface area contributed by atoms with E-state index in [2.05, 4.69) is 0 Å². The normalized spacial score (nSPS) is 10.6. The number of amides is 1. The van der Waals surface area contributed by atoms with Crippen molar-refractivity contribution >= 4 is 5.91 Å². The van der Waals surface area contributed by atoms with E-state index < -0.39 is 23.0 Å². The van der Waals surface area contributed by atoms with E-state index >= 15 is 0 Å². The summed E-state index contributed by atoms with van der Waals surface area (Å²) in [5, 5.41) is 0. The van der Waals surface area contributed by atoms with Crippen molar-refractivity contribution in [1.29, 1.82) is 0 Å². The molecule has 2 aromatic rings. The summed E-state index contributed by atoms with van der Waals surface area (Å²) in [6.07, 6.45) is 1.40. The summed E-state index contributed by atoms with van der Waals surface area (Å²) in [4.78, 5) is 34.8. The molecule has 0 bridgehead atoms. The highest BCUT2D eigenvalue weighted by atomic mass is 19.1. The number of hydrogen-bond acceptors (Lipinski definition) is 3. The third-order valence-corrected chi connectivity index (χ3v) is 3.15. The molecule has 0 saturated heterocycles. The van der Waals surface area contributed by atoms with Gasteiger partial charge in [-0.3, -0.25) is 14.2 Å². The predicted octanol–water partition coefficient (Wildman–Crippen LogP) is 0.316. The molecule has 0 unspecified atom stereocenters. The molecule has 1 amide bonds. The molecule has 0 aliphatic rings. The highest BCUT2D eigenvalue weighted by molar-refractivity contribution is 5.92. The van der Waals surface area contributed by atoms with E-state index in [4.69, 9.17) is 5.73 Å². The minimum absolute atomic E-state index is 0.0302. The maximum absolute atomic E-state index is 13.9. The standard InChI is InChI=1S/C14H14FN3O3/c1-2-17-6-5-12(19)18(14(17)21)8-10-4-3-9(13(16)20)7-11(10)15/h3-7H,2,8H2,1H3,(H2,16,20). The van der Waals surface area contributed by atoms with E-state index in [0.29, 0.717) is 6.54 Å². The van der Waals surface area contributed by atoms with Crippen LogP contribution < -0.4 is 17.0 Å². The summed E-state index contributed by atoms with van der Waals surface area (Å²) in [5.74, 6) is -1.44. The molecule has 0 saturated carbocycles. The van der Waals surface area contributed by atoms with E-state index in [-0.39, 0.29) is 17.7 Å². The maximum Gasteiger partial charge on any atom is 0.331 e. The van der Waals surface area contributed by atoms with Crippen molar-refractivity contribution < 1.29 is 9.18 Å². The molecule has 0 spiro atoms. The third kappa shape index (κ3) is 2.91. The van der Waals surface area contributed by atoms with Crippen molar-refractivity contribution in [2.75, 3.05) is 0 Å². The van der Waals surface area contributed by atoms with Crippen LogP contribution in [0.5, 0.6) is 0 Å². The number of hydrogen-bond donors (Lipinski definition) is 1. The summed E-state index contributed by atoms with van der Waals surface area (Å²) in [6.45, 7) is 1.96. The summed E-state index contributed by atoms with van der Waals surface area (Å²) >= 11 is 0. The van der Waals surface area contributed by atoms with E-state index in [1.807, 2.05) is 0 Å². The molecule has 2 N–H and O–H groups in total. The first-order chi connectivity index (χ1) is 9.93. The van der Waals surface area contributed by atoms with Crippen LogP contribution in [-0.2, 0) is 13.1 Å². The smallest absolute Gasteiger partial charge is 0.331 e. The van der Waals surface area contributed by atoms with E-state index in [0.717, 1.165) is 10.6 Å². The second-order valence-corrected chi connectivity index (χ2v) is 4.48. The fraction of sp³-hybridized carbons (Fsp3) is 0.214. The lowest BCUT2D eigenvalue weighted by atomic mass is 10.1. The van der Waals surface area contributed by atoms with Crippen LogP contribution in [0, 0.1) is 5.82 Å². The minimum Gasteiger partial charge on any atom is -0.366 e. The lowest BCUT2D eigenvalue weighted by molar-refractivity contribution is 0.1000. The SMILES string of the molecule is CCn1ccc(=O)n(Cc2ccc(C(N)=O)cc2F)c1=O. The molecule has 2 rings (SSSR count). The Labute approximate surface area is 119 Å². The van der Waals surface area contributed by atoms with Crippen molar-refractivity contribution in [3.63, 3.8) is 0 Å². The molecule has 0 fully saturated rings. The van der Waals surface area contributed by atoms with Gasteiger partial charge in [0.2, 0.25) is 5.91 Å². The molecule has 7 heteroatoms. The van der Waals surface area contributed by atoms with Gasteiger partial charge < -0.3 is 10.3 Å². The van der Waals surface area contributed by atoms with Crippen LogP contribution in [0.15, 0.2) is 40.1 Å². The lowest BCUT2D eigenvalue weighted by Crippen LogP contribution is -2.39. The van der Waals surface area contributed by atoms with Gasteiger partial charge in [-0.25, -0.2) is 9.18 Å². The Morgan fingerprint density at radius 1 is 1.29 bits per heavy atom. The Kier molecular flexibility index (Phi) is 4.02. The second-order valence-electron chi connectivity index (χ2n) is 4.48. The molecule has 6 nitrogen and oxygen atoms in total. The number of halogens is 1. The summed E-state index contributed by atoms with van der Waals surface area (Å²) in [7, 11) is 0. The Balaban J connectivity index is 2.46. The Hall–Kier alpha value is -2.70. The van der Waals surface area contributed by atoms with Crippen molar-refractivity contribution in [2.45, 2.75) is 20.0 Å². The highest BCUT2D eigenvalue weighted by Crippen LogP contribution is 2.10. The molecule has 110 valence electrons. The van der Waals surface area contributed by atoms with Crippen molar-refractivity contribution in [1.82, 2.24) is 9.13 Å². The monoisotopic (exact) mass is 291 g/mol. The summed E-state index contributed by atoms with van der Waals surface area (Å²) in [5.41, 5.74) is 4.20. The topological polar surface area (TPSA) is 87.1 Å². The van der Waals surface area contributed by atoms with Crippen LogP contribution in [-0.4, -0.2) is 15.0 Å². The van der Waals surface area contributed by atoms with Gasteiger partial charge >= 0.3 is 5.69 Å². The van der Waals surface area contributed by atoms with Gasteiger partial charge in [-0.05, 0) is 19.1 Å². The van der Waals surface area contributed by atoms with Gasteiger partial charge in [0, 0.05) is 29.9 Å². The molecule has 0 aliphatic heterocycles. The third-order valence-electron chi connectivity index (χ3n) is 3.15.